The van der Waals surface area contributed by atoms with Gasteiger partial charge in [-0.15, -0.1) is 0 Å². The molecule has 0 amide bonds. The summed E-state index contributed by atoms with van der Waals surface area (Å²) in [4.78, 5) is 24.1. The van der Waals surface area contributed by atoms with Gasteiger partial charge in [-0.05, 0) is 25.5 Å². The number of carbonyl (C=O) groups excluding carboxylic acids is 2. The van der Waals surface area contributed by atoms with Gasteiger partial charge in [-0.1, -0.05) is 41.6 Å². The second kappa shape index (κ2) is 9.49. The first-order chi connectivity index (χ1) is 12.9. The molecule has 0 spiro atoms. The number of dihydropyridines is 1. The van der Waals surface area contributed by atoms with Crippen molar-refractivity contribution in [2.24, 2.45) is 0 Å². The molecular formula is C19H19ClN2O4S. The summed E-state index contributed by atoms with van der Waals surface area (Å²) in [6.45, 7) is 3.73. The van der Waals surface area contributed by atoms with Gasteiger partial charge in [0, 0.05) is 10.7 Å². The monoisotopic (exact) mass is 406 g/mol. The lowest BCUT2D eigenvalue weighted by atomic mass is 9.82. The number of esters is 2. The van der Waals surface area contributed by atoms with Crippen molar-refractivity contribution >= 4 is 35.3 Å². The topological polar surface area (TPSA) is 88.4 Å². The molecule has 1 N–H and O–H groups in total. The van der Waals surface area contributed by atoms with Crippen molar-refractivity contribution in [1.82, 2.24) is 5.32 Å². The van der Waals surface area contributed by atoms with Crippen LogP contribution >= 0.6 is 23.4 Å². The van der Waals surface area contributed by atoms with E-state index in [0.29, 0.717) is 32.5 Å². The van der Waals surface area contributed by atoms with Crippen molar-refractivity contribution in [3.8, 4) is 6.07 Å². The van der Waals surface area contributed by atoms with E-state index in [2.05, 4.69) is 11.4 Å². The summed E-state index contributed by atoms with van der Waals surface area (Å²) in [6, 6.07) is 9.18. The molecule has 1 aromatic rings. The first-order valence-corrected chi connectivity index (χ1v) is 9.54. The molecule has 0 radical (unpaired) electrons. The summed E-state index contributed by atoms with van der Waals surface area (Å²) >= 11 is 7.50. The number of nitrogens with one attached hydrogen (secondary N) is 1. The number of carbonyl (C=O) groups is 2. The maximum atomic E-state index is 12.4. The standard InChI is InChI=1S/C19H19ClN2O4S/c1-4-26-15(23)10-27-18-13(9-21)17(12-7-5-6-8-14(12)20)16(11(2)22-18)19(24)25-3/h5-8,17,22H,4,10H2,1-3H3. The zero-order valence-corrected chi connectivity index (χ0v) is 16.7. The van der Waals surface area contributed by atoms with E-state index in [1.54, 1.807) is 38.1 Å². The molecule has 1 aliphatic heterocycles. The van der Waals surface area contributed by atoms with Crippen LogP contribution in [0.3, 0.4) is 0 Å². The molecule has 0 aromatic heterocycles. The molecule has 0 saturated heterocycles. The van der Waals surface area contributed by atoms with Gasteiger partial charge >= 0.3 is 11.9 Å². The van der Waals surface area contributed by atoms with E-state index in [1.165, 1.54) is 7.11 Å². The second-order valence-corrected chi connectivity index (χ2v) is 6.95. The summed E-state index contributed by atoms with van der Waals surface area (Å²) in [5.74, 6) is -1.59. The fourth-order valence-corrected chi connectivity index (χ4v) is 3.90. The number of benzene rings is 1. The van der Waals surface area contributed by atoms with E-state index in [4.69, 9.17) is 21.1 Å². The zero-order valence-electron chi connectivity index (χ0n) is 15.2. The predicted octanol–water partition coefficient (Wildman–Crippen LogP) is 3.51. The molecule has 1 heterocycles. The maximum Gasteiger partial charge on any atom is 0.336 e. The van der Waals surface area contributed by atoms with Crippen molar-refractivity contribution in [3.05, 3.63) is 56.7 Å². The van der Waals surface area contributed by atoms with Crippen LogP contribution in [0.2, 0.25) is 5.02 Å². The predicted molar refractivity (Wildman–Crippen MR) is 104 cm³/mol. The van der Waals surface area contributed by atoms with Crippen LogP contribution < -0.4 is 5.32 Å². The lowest BCUT2D eigenvalue weighted by Crippen LogP contribution is -2.29. The van der Waals surface area contributed by atoms with E-state index in [9.17, 15) is 14.9 Å². The average molecular weight is 407 g/mol. The Kier molecular flexibility index (Phi) is 7.34. The highest BCUT2D eigenvalue weighted by atomic mass is 35.5. The molecule has 0 aliphatic carbocycles. The van der Waals surface area contributed by atoms with Crippen molar-refractivity contribution in [1.29, 1.82) is 5.26 Å². The van der Waals surface area contributed by atoms with Crippen molar-refractivity contribution < 1.29 is 19.1 Å². The summed E-state index contributed by atoms with van der Waals surface area (Å²) in [7, 11) is 1.28. The molecular weight excluding hydrogens is 388 g/mol. The third-order valence-electron chi connectivity index (χ3n) is 3.91. The highest BCUT2D eigenvalue weighted by Crippen LogP contribution is 2.43. The van der Waals surface area contributed by atoms with Crippen LogP contribution in [0.5, 0.6) is 0 Å². The second-order valence-electron chi connectivity index (χ2n) is 5.56. The number of nitrogens with zero attached hydrogens (tertiary/aromatic N) is 1. The molecule has 1 aromatic carbocycles. The van der Waals surface area contributed by atoms with Gasteiger partial charge in [-0.3, -0.25) is 4.79 Å². The van der Waals surface area contributed by atoms with E-state index in [-0.39, 0.29) is 18.3 Å². The SMILES string of the molecule is CCOC(=O)CSC1=C(C#N)C(c2ccccc2Cl)C(C(=O)OC)=C(C)N1. The number of halogens is 1. The van der Waals surface area contributed by atoms with Crippen molar-refractivity contribution in [3.63, 3.8) is 0 Å². The Morgan fingerprint density at radius 2 is 2.07 bits per heavy atom. The number of hydrogen-bond acceptors (Lipinski definition) is 7. The number of methoxy groups -OCH3 is 1. The number of allylic oxidation sites excluding steroid dienone is 2. The van der Waals surface area contributed by atoms with Gasteiger partial charge in [0.15, 0.2) is 0 Å². The largest absolute Gasteiger partial charge is 0.466 e. The summed E-state index contributed by atoms with van der Waals surface area (Å²) < 4.78 is 9.85. The van der Waals surface area contributed by atoms with Gasteiger partial charge in [-0.25, -0.2) is 4.79 Å². The maximum absolute atomic E-state index is 12.4. The Labute approximate surface area is 167 Å². The summed E-state index contributed by atoms with van der Waals surface area (Å²) in [6.07, 6.45) is 0. The number of thioether (sulfide) groups is 1. The molecule has 0 bridgehead atoms. The molecule has 142 valence electrons. The molecule has 0 fully saturated rings. The van der Waals surface area contributed by atoms with E-state index < -0.39 is 11.9 Å². The van der Waals surface area contributed by atoms with Crippen LogP contribution in [0, 0.1) is 11.3 Å². The fourth-order valence-electron chi connectivity index (χ4n) is 2.76. The van der Waals surface area contributed by atoms with Crippen LogP contribution in [-0.2, 0) is 19.1 Å². The van der Waals surface area contributed by atoms with E-state index in [0.717, 1.165) is 11.8 Å². The van der Waals surface area contributed by atoms with E-state index in [1.807, 2.05) is 0 Å². The number of hydrogen-bond donors (Lipinski definition) is 1. The molecule has 1 aliphatic rings. The zero-order chi connectivity index (χ0) is 20.0. The minimum atomic E-state index is -0.693. The van der Waals surface area contributed by atoms with Gasteiger partial charge in [0.2, 0.25) is 0 Å². The third kappa shape index (κ3) is 4.65. The molecule has 2 rings (SSSR count). The Bertz CT molecular complexity index is 858. The minimum absolute atomic E-state index is 0.0391. The number of rotatable bonds is 6. The van der Waals surface area contributed by atoms with Gasteiger partial charge < -0.3 is 14.8 Å². The third-order valence-corrected chi connectivity index (χ3v) is 5.24. The van der Waals surface area contributed by atoms with Gasteiger partial charge in [-0.2, -0.15) is 5.26 Å². The Morgan fingerprint density at radius 1 is 1.37 bits per heavy atom. The Hall–Kier alpha value is -2.43. The normalized spacial score (nSPS) is 16.5. The minimum Gasteiger partial charge on any atom is -0.466 e. The smallest absolute Gasteiger partial charge is 0.336 e. The fraction of sp³-hybridized carbons (Fsp3) is 0.316. The number of ether oxygens (including phenoxy) is 2. The van der Waals surface area contributed by atoms with Crippen LogP contribution in [0.25, 0.3) is 0 Å². The Balaban J connectivity index is 2.53. The highest BCUT2D eigenvalue weighted by Gasteiger charge is 2.36. The first-order valence-electron chi connectivity index (χ1n) is 8.17. The lowest BCUT2D eigenvalue weighted by molar-refractivity contribution is -0.140. The molecule has 8 heteroatoms. The van der Waals surface area contributed by atoms with Crippen LogP contribution in [0.1, 0.15) is 25.3 Å². The van der Waals surface area contributed by atoms with Crippen LogP contribution in [0.15, 0.2) is 46.1 Å². The highest BCUT2D eigenvalue weighted by molar-refractivity contribution is 8.03. The Morgan fingerprint density at radius 3 is 2.67 bits per heavy atom. The molecule has 27 heavy (non-hydrogen) atoms. The van der Waals surface area contributed by atoms with Crippen LogP contribution in [-0.4, -0.2) is 31.4 Å². The van der Waals surface area contributed by atoms with Gasteiger partial charge in [0.25, 0.3) is 0 Å². The summed E-state index contributed by atoms with van der Waals surface area (Å²) in [5.41, 5.74) is 1.76. The van der Waals surface area contributed by atoms with Crippen molar-refractivity contribution in [2.45, 2.75) is 19.8 Å². The molecule has 6 nitrogen and oxygen atoms in total. The van der Waals surface area contributed by atoms with Crippen molar-refractivity contribution in [2.75, 3.05) is 19.5 Å². The average Bonchev–Trinajstić information content (AvgIpc) is 2.66. The molecule has 1 atom stereocenters. The van der Waals surface area contributed by atoms with Gasteiger partial charge in [0.1, 0.15) is 0 Å². The number of nitriles is 1. The van der Waals surface area contributed by atoms with Crippen LogP contribution in [0.4, 0.5) is 0 Å². The molecule has 1 unspecified atom stereocenters. The summed E-state index contributed by atoms with van der Waals surface area (Å²) in [5, 5.41) is 13.8. The van der Waals surface area contributed by atoms with Gasteiger partial charge in [0.05, 0.1) is 47.6 Å². The van der Waals surface area contributed by atoms with E-state index >= 15 is 0 Å². The molecule has 0 saturated carbocycles. The first kappa shape index (κ1) is 20.9. The quantitative estimate of drug-likeness (QED) is 0.723. The lowest BCUT2D eigenvalue weighted by Gasteiger charge is -2.29.